The van der Waals surface area contributed by atoms with E-state index in [1.807, 2.05) is 6.20 Å². The van der Waals surface area contributed by atoms with Gasteiger partial charge >= 0.3 is 0 Å². The predicted molar refractivity (Wildman–Crippen MR) is 80.9 cm³/mol. The molecule has 0 saturated heterocycles. The number of rotatable bonds is 6. The number of benzene rings is 1. The van der Waals surface area contributed by atoms with E-state index in [1.54, 1.807) is 23.0 Å². The van der Waals surface area contributed by atoms with Crippen LogP contribution in [0.2, 0.25) is 0 Å². The van der Waals surface area contributed by atoms with Crippen LogP contribution in [0, 0.1) is 10.1 Å². The first-order valence-electron chi connectivity index (χ1n) is 6.29. The molecule has 0 spiro atoms. The molecule has 2 aromatic rings. The second-order valence-corrected chi connectivity index (χ2v) is 5.30. The monoisotopic (exact) mass is 338 g/mol. The van der Waals surface area contributed by atoms with E-state index >= 15 is 0 Å². The number of nitrogens with one attached hydrogen (secondary N) is 1. The molecule has 0 bridgehead atoms. The third kappa shape index (κ3) is 3.57. The van der Waals surface area contributed by atoms with Crippen LogP contribution < -0.4 is 5.32 Å². The highest BCUT2D eigenvalue weighted by Gasteiger charge is 2.11. The van der Waals surface area contributed by atoms with Gasteiger partial charge < -0.3 is 5.32 Å². The summed E-state index contributed by atoms with van der Waals surface area (Å²) in [5.74, 6) is 0. The lowest BCUT2D eigenvalue weighted by Gasteiger charge is -2.11. The molecule has 0 aliphatic heterocycles. The van der Waals surface area contributed by atoms with E-state index in [1.165, 1.54) is 6.07 Å². The van der Waals surface area contributed by atoms with Gasteiger partial charge in [-0.3, -0.25) is 14.8 Å². The van der Waals surface area contributed by atoms with Gasteiger partial charge in [-0.2, -0.15) is 5.10 Å². The van der Waals surface area contributed by atoms with E-state index in [0.717, 1.165) is 28.7 Å². The summed E-state index contributed by atoms with van der Waals surface area (Å²) in [4.78, 5) is 10.5. The maximum atomic E-state index is 10.9. The zero-order valence-electron chi connectivity index (χ0n) is 11.0. The fourth-order valence-electron chi connectivity index (χ4n) is 1.86. The van der Waals surface area contributed by atoms with Gasteiger partial charge in [0.05, 0.1) is 22.1 Å². The number of nitro benzene ring substituents is 1. The predicted octanol–water partition coefficient (Wildman–Crippen LogP) is 3.42. The van der Waals surface area contributed by atoms with Crippen LogP contribution in [0.4, 0.5) is 11.4 Å². The molecule has 2 rings (SSSR count). The molecule has 0 radical (unpaired) electrons. The summed E-state index contributed by atoms with van der Waals surface area (Å²) in [6, 6.07) is 4.86. The van der Waals surface area contributed by atoms with Gasteiger partial charge in [-0.05, 0) is 28.4 Å². The molecule has 6 nitrogen and oxygen atoms in total. The molecule has 1 heterocycles. The summed E-state index contributed by atoms with van der Waals surface area (Å²) in [5, 5.41) is 18.4. The summed E-state index contributed by atoms with van der Waals surface area (Å²) in [6.07, 6.45) is 4.52. The highest BCUT2D eigenvalue weighted by atomic mass is 79.9. The normalized spacial score (nSPS) is 10.5. The summed E-state index contributed by atoms with van der Waals surface area (Å²) in [6.45, 7) is 3.38. The lowest BCUT2D eigenvalue weighted by atomic mass is 10.1. The summed E-state index contributed by atoms with van der Waals surface area (Å²) >= 11 is 3.34. The minimum Gasteiger partial charge on any atom is -0.385 e. The van der Waals surface area contributed by atoms with Gasteiger partial charge in [0.1, 0.15) is 0 Å². The number of nitro groups is 1. The molecular weight excluding hydrogens is 324 g/mol. The Kier molecular flexibility index (Phi) is 4.73. The van der Waals surface area contributed by atoms with Crippen molar-refractivity contribution < 1.29 is 4.92 Å². The van der Waals surface area contributed by atoms with Crippen molar-refractivity contribution in [2.75, 3.05) is 11.9 Å². The van der Waals surface area contributed by atoms with Gasteiger partial charge in [0.2, 0.25) is 0 Å². The minimum absolute atomic E-state index is 0.0910. The topological polar surface area (TPSA) is 73.0 Å². The maximum absolute atomic E-state index is 10.9. The minimum atomic E-state index is -0.383. The van der Waals surface area contributed by atoms with Crippen LogP contribution in [0.25, 0.3) is 0 Å². The smallest absolute Gasteiger partial charge is 0.269 e. The third-order valence-electron chi connectivity index (χ3n) is 2.80. The molecule has 106 valence electrons. The van der Waals surface area contributed by atoms with Gasteiger partial charge in [0.15, 0.2) is 0 Å². The van der Waals surface area contributed by atoms with Crippen LogP contribution in [0.5, 0.6) is 0 Å². The average Bonchev–Trinajstić information content (AvgIpc) is 2.82. The standard InChI is InChI=1S/C13H15BrN4O2/c1-2-5-15-13-4-3-12(18(19)20)6-10(13)8-17-9-11(14)7-16-17/h3-4,6-7,9,15H,2,5,8H2,1H3. The summed E-state index contributed by atoms with van der Waals surface area (Å²) in [7, 11) is 0. The van der Waals surface area contributed by atoms with E-state index < -0.39 is 0 Å². The van der Waals surface area contributed by atoms with Crippen molar-refractivity contribution >= 4 is 27.3 Å². The second-order valence-electron chi connectivity index (χ2n) is 4.38. The molecular formula is C13H15BrN4O2. The molecule has 0 atom stereocenters. The van der Waals surface area contributed by atoms with Crippen molar-refractivity contribution in [3.8, 4) is 0 Å². The van der Waals surface area contributed by atoms with Gasteiger partial charge in [-0.1, -0.05) is 6.92 Å². The zero-order valence-corrected chi connectivity index (χ0v) is 12.6. The van der Waals surface area contributed by atoms with E-state index in [9.17, 15) is 10.1 Å². The number of aromatic nitrogens is 2. The number of nitrogens with zero attached hydrogens (tertiary/aromatic N) is 3. The van der Waals surface area contributed by atoms with Crippen LogP contribution >= 0.6 is 15.9 Å². The number of anilines is 1. The van der Waals surface area contributed by atoms with Crippen LogP contribution in [0.1, 0.15) is 18.9 Å². The molecule has 1 aromatic carbocycles. The number of hydrogen-bond donors (Lipinski definition) is 1. The van der Waals surface area contributed by atoms with Crippen LogP contribution in [0.15, 0.2) is 35.1 Å². The molecule has 0 saturated carbocycles. The zero-order chi connectivity index (χ0) is 14.5. The molecule has 0 amide bonds. The Hall–Kier alpha value is -1.89. The van der Waals surface area contributed by atoms with Crippen molar-refractivity contribution in [3.05, 3.63) is 50.7 Å². The Balaban J connectivity index is 2.30. The fraction of sp³-hybridized carbons (Fsp3) is 0.308. The molecule has 0 fully saturated rings. The second kappa shape index (κ2) is 6.51. The summed E-state index contributed by atoms with van der Waals surface area (Å²) in [5.41, 5.74) is 1.85. The Morgan fingerprint density at radius 3 is 2.90 bits per heavy atom. The number of non-ortho nitro benzene ring substituents is 1. The van der Waals surface area contributed by atoms with Crippen molar-refractivity contribution in [1.29, 1.82) is 0 Å². The first-order chi connectivity index (χ1) is 9.60. The largest absolute Gasteiger partial charge is 0.385 e. The maximum Gasteiger partial charge on any atom is 0.269 e. The highest BCUT2D eigenvalue weighted by molar-refractivity contribution is 9.10. The molecule has 1 N–H and O–H groups in total. The SMILES string of the molecule is CCCNc1ccc([N+](=O)[O-])cc1Cn1cc(Br)cn1. The Bertz CT molecular complexity index is 612. The van der Waals surface area contributed by atoms with E-state index in [0.29, 0.717) is 6.54 Å². The van der Waals surface area contributed by atoms with Gasteiger partial charge in [-0.25, -0.2) is 0 Å². The van der Waals surface area contributed by atoms with Crippen molar-refractivity contribution in [3.63, 3.8) is 0 Å². The first kappa shape index (κ1) is 14.5. The lowest BCUT2D eigenvalue weighted by Crippen LogP contribution is -2.07. The van der Waals surface area contributed by atoms with Gasteiger partial charge in [-0.15, -0.1) is 0 Å². The molecule has 0 unspecified atom stereocenters. The number of hydrogen-bond acceptors (Lipinski definition) is 4. The van der Waals surface area contributed by atoms with E-state index in [-0.39, 0.29) is 10.6 Å². The van der Waals surface area contributed by atoms with Gasteiger partial charge in [0, 0.05) is 36.1 Å². The van der Waals surface area contributed by atoms with Gasteiger partial charge in [0.25, 0.3) is 5.69 Å². The Labute approximate surface area is 125 Å². The Morgan fingerprint density at radius 1 is 1.50 bits per heavy atom. The van der Waals surface area contributed by atoms with Crippen molar-refractivity contribution in [2.45, 2.75) is 19.9 Å². The van der Waals surface area contributed by atoms with Crippen LogP contribution in [-0.2, 0) is 6.54 Å². The Morgan fingerprint density at radius 2 is 2.30 bits per heavy atom. The quantitative estimate of drug-likeness (QED) is 0.646. The lowest BCUT2D eigenvalue weighted by molar-refractivity contribution is -0.384. The number of halogens is 1. The van der Waals surface area contributed by atoms with Crippen molar-refractivity contribution in [2.24, 2.45) is 0 Å². The summed E-state index contributed by atoms with van der Waals surface area (Å²) < 4.78 is 2.62. The van der Waals surface area contributed by atoms with E-state index in [2.05, 4.69) is 33.3 Å². The van der Waals surface area contributed by atoms with E-state index in [4.69, 9.17) is 0 Å². The van der Waals surface area contributed by atoms with Crippen LogP contribution in [0.3, 0.4) is 0 Å². The molecule has 0 aliphatic rings. The van der Waals surface area contributed by atoms with Crippen molar-refractivity contribution in [1.82, 2.24) is 9.78 Å². The van der Waals surface area contributed by atoms with Crippen LogP contribution in [-0.4, -0.2) is 21.2 Å². The fourth-order valence-corrected chi connectivity index (χ4v) is 2.18. The molecule has 0 aliphatic carbocycles. The highest BCUT2D eigenvalue weighted by Crippen LogP contribution is 2.23. The third-order valence-corrected chi connectivity index (χ3v) is 3.21. The molecule has 1 aromatic heterocycles. The molecule has 20 heavy (non-hydrogen) atoms. The molecule has 7 heteroatoms. The first-order valence-corrected chi connectivity index (χ1v) is 7.08. The average molecular weight is 339 g/mol.